The lowest BCUT2D eigenvalue weighted by atomic mass is 10.0. The first-order chi connectivity index (χ1) is 9.69. The Morgan fingerprint density at radius 3 is 2.30 bits per heavy atom. The number of halogens is 1. The van der Waals surface area contributed by atoms with Crippen LogP contribution in [-0.4, -0.2) is 48.4 Å². The standard InChI is InChI=1S/C17H27ClN2/c1-15(2)17-6-4-16(5-7-17)14-20-10-3-9-19(11-8-18)12-13-20/h4-7,15H,3,8-14H2,1-2H3. The van der Waals surface area contributed by atoms with Crippen molar-refractivity contribution < 1.29 is 0 Å². The van der Waals surface area contributed by atoms with E-state index in [1.165, 1.54) is 30.6 Å². The van der Waals surface area contributed by atoms with Gasteiger partial charge in [0.15, 0.2) is 0 Å². The Labute approximate surface area is 128 Å². The van der Waals surface area contributed by atoms with Crippen molar-refractivity contribution in [1.29, 1.82) is 0 Å². The molecule has 1 fully saturated rings. The number of hydrogen-bond acceptors (Lipinski definition) is 2. The third-order valence-electron chi connectivity index (χ3n) is 4.13. The number of benzene rings is 1. The zero-order chi connectivity index (χ0) is 14.4. The van der Waals surface area contributed by atoms with E-state index in [1.54, 1.807) is 0 Å². The lowest BCUT2D eigenvalue weighted by Gasteiger charge is -2.21. The Balaban J connectivity index is 1.86. The van der Waals surface area contributed by atoms with Crippen LogP contribution in [0.25, 0.3) is 0 Å². The van der Waals surface area contributed by atoms with Gasteiger partial charge in [-0.15, -0.1) is 11.6 Å². The second-order valence-electron chi connectivity index (χ2n) is 6.06. The molecule has 1 aromatic carbocycles. The van der Waals surface area contributed by atoms with Crippen molar-refractivity contribution in [3.63, 3.8) is 0 Å². The van der Waals surface area contributed by atoms with E-state index in [1.807, 2.05) is 0 Å². The molecule has 0 unspecified atom stereocenters. The van der Waals surface area contributed by atoms with Crippen molar-refractivity contribution >= 4 is 11.6 Å². The zero-order valence-corrected chi connectivity index (χ0v) is 13.6. The zero-order valence-electron chi connectivity index (χ0n) is 12.8. The number of alkyl halides is 1. The maximum atomic E-state index is 5.84. The van der Waals surface area contributed by atoms with Gasteiger partial charge in [-0.1, -0.05) is 38.1 Å². The summed E-state index contributed by atoms with van der Waals surface area (Å²) in [4.78, 5) is 5.05. The molecule has 2 rings (SSSR count). The van der Waals surface area contributed by atoms with Crippen LogP contribution in [0.2, 0.25) is 0 Å². The predicted molar refractivity (Wildman–Crippen MR) is 87.6 cm³/mol. The molecule has 2 nitrogen and oxygen atoms in total. The van der Waals surface area contributed by atoms with Gasteiger partial charge in [0.05, 0.1) is 0 Å². The fourth-order valence-corrected chi connectivity index (χ4v) is 3.03. The minimum Gasteiger partial charge on any atom is -0.301 e. The third-order valence-corrected chi connectivity index (χ3v) is 4.30. The summed E-state index contributed by atoms with van der Waals surface area (Å²) in [6, 6.07) is 9.13. The Kier molecular flexibility index (Phi) is 6.34. The lowest BCUT2D eigenvalue weighted by molar-refractivity contribution is 0.258. The predicted octanol–water partition coefficient (Wildman–Crippen LogP) is 3.56. The van der Waals surface area contributed by atoms with Crippen molar-refractivity contribution in [3.8, 4) is 0 Å². The first-order valence-electron chi connectivity index (χ1n) is 7.78. The molecule has 0 aromatic heterocycles. The summed E-state index contributed by atoms with van der Waals surface area (Å²) in [6.45, 7) is 11.3. The SMILES string of the molecule is CC(C)c1ccc(CN2CCCN(CCCl)CC2)cc1. The smallest absolute Gasteiger partial charge is 0.0351 e. The fourth-order valence-electron chi connectivity index (χ4n) is 2.79. The van der Waals surface area contributed by atoms with Gasteiger partial charge in [-0.2, -0.15) is 0 Å². The molecule has 0 N–H and O–H groups in total. The van der Waals surface area contributed by atoms with E-state index < -0.39 is 0 Å². The average molecular weight is 295 g/mol. The van der Waals surface area contributed by atoms with Crippen LogP contribution in [0.4, 0.5) is 0 Å². The van der Waals surface area contributed by atoms with Gasteiger partial charge in [0.2, 0.25) is 0 Å². The minimum atomic E-state index is 0.617. The van der Waals surface area contributed by atoms with Gasteiger partial charge in [-0.25, -0.2) is 0 Å². The van der Waals surface area contributed by atoms with E-state index in [0.29, 0.717) is 5.92 Å². The van der Waals surface area contributed by atoms with Gasteiger partial charge >= 0.3 is 0 Å². The van der Waals surface area contributed by atoms with E-state index in [4.69, 9.17) is 11.6 Å². The highest BCUT2D eigenvalue weighted by molar-refractivity contribution is 6.18. The van der Waals surface area contributed by atoms with E-state index in [-0.39, 0.29) is 0 Å². The summed E-state index contributed by atoms with van der Waals surface area (Å²) in [5, 5.41) is 0. The summed E-state index contributed by atoms with van der Waals surface area (Å²) in [6.07, 6.45) is 1.25. The van der Waals surface area contributed by atoms with Gasteiger partial charge in [-0.05, 0) is 36.6 Å². The molecule has 0 amide bonds. The molecule has 0 bridgehead atoms. The van der Waals surface area contributed by atoms with Crippen LogP contribution in [0, 0.1) is 0 Å². The summed E-state index contributed by atoms with van der Waals surface area (Å²) in [5.74, 6) is 1.36. The molecule has 20 heavy (non-hydrogen) atoms. The van der Waals surface area contributed by atoms with E-state index in [9.17, 15) is 0 Å². The van der Waals surface area contributed by atoms with Crippen LogP contribution in [-0.2, 0) is 6.54 Å². The van der Waals surface area contributed by atoms with E-state index >= 15 is 0 Å². The maximum absolute atomic E-state index is 5.84. The highest BCUT2D eigenvalue weighted by atomic mass is 35.5. The first kappa shape index (κ1) is 15.8. The largest absolute Gasteiger partial charge is 0.301 e. The Bertz CT molecular complexity index is 388. The highest BCUT2D eigenvalue weighted by Gasteiger charge is 2.14. The second-order valence-corrected chi connectivity index (χ2v) is 6.43. The average Bonchev–Trinajstić information content (AvgIpc) is 2.66. The van der Waals surface area contributed by atoms with Gasteiger partial charge < -0.3 is 4.90 Å². The summed E-state index contributed by atoms with van der Waals surface area (Å²) in [7, 11) is 0. The molecule has 0 radical (unpaired) electrons. The van der Waals surface area contributed by atoms with Gasteiger partial charge in [0.25, 0.3) is 0 Å². The van der Waals surface area contributed by atoms with Crippen LogP contribution < -0.4 is 0 Å². The molecule has 112 valence electrons. The fraction of sp³-hybridized carbons (Fsp3) is 0.647. The Morgan fingerprint density at radius 2 is 1.65 bits per heavy atom. The van der Waals surface area contributed by atoms with E-state index in [2.05, 4.69) is 47.9 Å². The molecular weight excluding hydrogens is 268 g/mol. The molecule has 1 aliphatic heterocycles. The highest BCUT2D eigenvalue weighted by Crippen LogP contribution is 2.16. The summed E-state index contributed by atoms with van der Waals surface area (Å²) in [5.41, 5.74) is 2.86. The van der Waals surface area contributed by atoms with Crippen molar-refractivity contribution in [2.75, 3.05) is 38.6 Å². The minimum absolute atomic E-state index is 0.617. The van der Waals surface area contributed by atoms with E-state index in [0.717, 1.165) is 32.1 Å². The van der Waals surface area contributed by atoms with Crippen LogP contribution in [0.1, 0.15) is 37.3 Å². The Morgan fingerprint density at radius 1 is 1.00 bits per heavy atom. The van der Waals surface area contributed by atoms with Crippen LogP contribution >= 0.6 is 11.6 Å². The molecular formula is C17H27ClN2. The maximum Gasteiger partial charge on any atom is 0.0351 e. The van der Waals surface area contributed by atoms with Crippen LogP contribution in [0.15, 0.2) is 24.3 Å². The summed E-state index contributed by atoms with van der Waals surface area (Å²) >= 11 is 5.84. The third kappa shape index (κ3) is 4.76. The molecule has 1 saturated heterocycles. The second kappa shape index (κ2) is 8.02. The Hall–Kier alpha value is -0.570. The normalized spacial score (nSPS) is 18.4. The van der Waals surface area contributed by atoms with Gasteiger partial charge in [0, 0.05) is 32.1 Å². The molecule has 1 aromatic rings. The molecule has 3 heteroatoms. The first-order valence-corrected chi connectivity index (χ1v) is 8.32. The number of hydrogen-bond donors (Lipinski definition) is 0. The van der Waals surface area contributed by atoms with Crippen molar-refractivity contribution in [2.24, 2.45) is 0 Å². The van der Waals surface area contributed by atoms with Gasteiger partial charge in [0.1, 0.15) is 0 Å². The van der Waals surface area contributed by atoms with Crippen molar-refractivity contribution in [3.05, 3.63) is 35.4 Å². The topological polar surface area (TPSA) is 6.48 Å². The molecule has 0 saturated carbocycles. The number of nitrogens with zero attached hydrogens (tertiary/aromatic N) is 2. The van der Waals surface area contributed by atoms with Gasteiger partial charge in [-0.3, -0.25) is 4.90 Å². The molecule has 0 spiro atoms. The van der Waals surface area contributed by atoms with Crippen molar-refractivity contribution in [1.82, 2.24) is 9.80 Å². The quantitative estimate of drug-likeness (QED) is 0.766. The molecule has 1 heterocycles. The van der Waals surface area contributed by atoms with Crippen LogP contribution in [0.5, 0.6) is 0 Å². The number of rotatable bonds is 5. The monoisotopic (exact) mass is 294 g/mol. The molecule has 0 atom stereocenters. The lowest BCUT2D eigenvalue weighted by Crippen LogP contribution is -2.31. The molecule has 1 aliphatic rings. The molecule has 0 aliphatic carbocycles. The summed E-state index contributed by atoms with van der Waals surface area (Å²) < 4.78 is 0. The van der Waals surface area contributed by atoms with Crippen LogP contribution in [0.3, 0.4) is 0 Å². The van der Waals surface area contributed by atoms with Crippen molar-refractivity contribution in [2.45, 2.75) is 32.7 Å².